The number of nitrogens with one attached hydrogen (secondary N) is 1. The minimum Gasteiger partial charge on any atom is -0.332 e. The molecule has 0 rings (SSSR count). The molecule has 0 aliphatic carbocycles. The van der Waals surface area contributed by atoms with Crippen molar-refractivity contribution in [3.8, 4) is 0 Å². The van der Waals surface area contributed by atoms with Gasteiger partial charge in [-0.25, -0.2) is 0 Å². The van der Waals surface area contributed by atoms with Gasteiger partial charge >= 0.3 is 5.68 Å². The quantitative estimate of drug-likeness (QED) is 0.558. The fourth-order valence-electron chi connectivity index (χ4n) is 0.368. The standard InChI is InChI=1S/C4H7BCl3NSi/c1-3-10(8,4-2)9-5(6)7/h3-4,9H,1-2H2. The largest absolute Gasteiger partial charge is 0.426 e. The maximum absolute atomic E-state index is 5.93. The van der Waals surface area contributed by atoms with Gasteiger partial charge in [0.05, 0.1) is 0 Å². The van der Waals surface area contributed by atoms with Crippen LogP contribution in [0.3, 0.4) is 0 Å². The van der Waals surface area contributed by atoms with Crippen molar-refractivity contribution in [1.29, 1.82) is 0 Å². The summed E-state index contributed by atoms with van der Waals surface area (Å²) < 4.78 is 0. The highest BCUT2D eigenvalue weighted by molar-refractivity contribution is 7.39. The Bertz CT molecular complexity index is 132. The number of rotatable bonds is 4. The summed E-state index contributed by atoms with van der Waals surface area (Å²) in [7, 11) is -2.27. The van der Waals surface area contributed by atoms with Crippen molar-refractivity contribution in [2.75, 3.05) is 0 Å². The topological polar surface area (TPSA) is 12.0 Å². The van der Waals surface area contributed by atoms with Crippen LogP contribution < -0.4 is 4.89 Å². The van der Waals surface area contributed by atoms with Gasteiger partial charge in [0.15, 0.2) is 0 Å². The lowest BCUT2D eigenvalue weighted by atomic mass is 10.4. The Morgan fingerprint density at radius 3 is 1.80 bits per heavy atom. The molecule has 0 aliphatic heterocycles. The van der Waals surface area contributed by atoms with Crippen LogP contribution in [0.2, 0.25) is 0 Å². The summed E-state index contributed by atoms with van der Waals surface area (Å²) in [6.07, 6.45) is 0. The third kappa shape index (κ3) is 3.69. The lowest BCUT2D eigenvalue weighted by molar-refractivity contribution is 1.55. The first kappa shape index (κ1) is 10.6. The Balaban J connectivity index is 4.05. The normalized spacial score (nSPS) is 10.7. The molecule has 0 aromatic heterocycles. The summed E-state index contributed by atoms with van der Waals surface area (Å²) in [5.41, 5.74) is 2.53. The molecule has 0 aromatic carbocycles. The van der Waals surface area contributed by atoms with Crippen molar-refractivity contribution in [3.05, 3.63) is 24.6 Å². The van der Waals surface area contributed by atoms with Gasteiger partial charge in [-0.2, -0.15) is 0 Å². The van der Waals surface area contributed by atoms with E-state index in [1.54, 1.807) is 11.4 Å². The molecule has 0 aromatic rings. The fraction of sp³-hybridized carbons (Fsp3) is 0. The molecule has 0 spiro atoms. The van der Waals surface area contributed by atoms with E-state index in [0.717, 1.165) is 0 Å². The van der Waals surface area contributed by atoms with Crippen molar-refractivity contribution in [2.24, 2.45) is 0 Å². The third-order valence-electron chi connectivity index (χ3n) is 0.924. The van der Waals surface area contributed by atoms with Crippen LogP contribution in [0.1, 0.15) is 0 Å². The molecule has 6 heteroatoms. The lowest BCUT2D eigenvalue weighted by Gasteiger charge is -2.15. The van der Waals surface area contributed by atoms with Gasteiger partial charge in [0, 0.05) is 0 Å². The lowest BCUT2D eigenvalue weighted by Crippen LogP contribution is -2.46. The van der Waals surface area contributed by atoms with Crippen LogP contribution in [0.25, 0.3) is 0 Å². The molecule has 0 aliphatic rings. The molecular formula is C4H7BCl3NSi. The maximum atomic E-state index is 5.93. The molecule has 1 N–H and O–H groups in total. The molecule has 0 saturated carbocycles. The minimum absolute atomic E-state index is 0.667. The summed E-state index contributed by atoms with van der Waals surface area (Å²) in [6.45, 7) is 7.07. The Morgan fingerprint density at radius 1 is 1.30 bits per heavy atom. The van der Waals surface area contributed by atoms with E-state index < -0.39 is 13.2 Å². The van der Waals surface area contributed by atoms with E-state index in [0.29, 0.717) is 0 Å². The Morgan fingerprint density at radius 2 is 1.70 bits per heavy atom. The summed E-state index contributed by atoms with van der Waals surface area (Å²) in [5.74, 6) is 0. The zero-order valence-electron chi connectivity index (χ0n) is 5.28. The third-order valence-corrected chi connectivity index (χ3v) is 4.68. The minimum atomic E-state index is -2.27. The van der Waals surface area contributed by atoms with E-state index in [-0.39, 0.29) is 0 Å². The van der Waals surface area contributed by atoms with E-state index in [1.165, 1.54) is 0 Å². The molecule has 0 bridgehead atoms. The van der Waals surface area contributed by atoms with Gasteiger partial charge in [0.25, 0.3) is 7.55 Å². The zero-order valence-corrected chi connectivity index (χ0v) is 8.55. The van der Waals surface area contributed by atoms with Gasteiger partial charge in [0.2, 0.25) is 0 Å². The van der Waals surface area contributed by atoms with Gasteiger partial charge in [-0.15, -0.1) is 47.2 Å². The van der Waals surface area contributed by atoms with Gasteiger partial charge in [-0.05, 0) is 0 Å². The second-order valence-electron chi connectivity index (χ2n) is 1.62. The SMILES string of the molecule is C=C[Si](Cl)(C=C)NB(Cl)Cl. The van der Waals surface area contributed by atoms with Crippen LogP contribution >= 0.6 is 34.0 Å². The maximum Gasteiger partial charge on any atom is 0.426 e. The zero-order chi connectivity index (χ0) is 8.20. The van der Waals surface area contributed by atoms with Crippen LogP contribution in [0, 0.1) is 0 Å². The Labute approximate surface area is 76.8 Å². The van der Waals surface area contributed by atoms with Crippen molar-refractivity contribution in [2.45, 2.75) is 0 Å². The van der Waals surface area contributed by atoms with E-state index >= 15 is 0 Å². The second kappa shape index (κ2) is 4.47. The highest BCUT2D eigenvalue weighted by Crippen LogP contribution is 2.09. The predicted octanol–water partition coefficient (Wildman–Crippen LogP) is 2.17. The summed E-state index contributed by atoms with van der Waals surface area (Å²) >= 11 is 16.8. The monoisotopic (exact) mass is 213 g/mol. The van der Waals surface area contributed by atoms with Crippen molar-refractivity contribution in [3.63, 3.8) is 0 Å². The Hall–Kier alpha value is 0.592. The molecule has 0 unspecified atom stereocenters. The van der Waals surface area contributed by atoms with E-state index in [2.05, 4.69) is 18.1 Å². The van der Waals surface area contributed by atoms with E-state index in [1.807, 2.05) is 0 Å². The van der Waals surface area contributed by atoms with Crippen LogP contribution in [-0.4, -0.2) is 13.2 Å². The van der Waals surface area contributed by atoms with E-state index in [4.69, 9.17) is 34.0 Å². The molecule has 0 atom stereocenters. The number of halogens is 3. The van der Waals surface area contributed by atoms with Crippen molar-refractivity contribution >= 4 is 47.2 Å². The van der Waals surface area contributed by atoms with E-state index in [9.17, 15) is 0 Å². The number of hydrogen-bond donors (Lipinski definition) is 1. The fourth-order valence-corrected chi connectivity index (χ4v) is 2.85. The average molecular weight is 214 g/mol. The Kier molecular flexibility index (Phi) is 4.73. The van der Waals surface area contributed by atoms with Crippen molar-refractivity contribution < 1.29 is 0 Å². The van der Waals surface area contributed by atoms with Crippen LogP contribution in [0.15, 0.2) is 24.6 Å². The molecule has 56 valence electrons. The molecule has 10 heavy (non-hydrogen) atoms. The van der Waals surface area contributed by atoms with Gasteiger partial charge < -0.3 is 4.89 Å². The summed E-state index contributed by atoms with van der Waals surface area (Å²) in [6, 6.07) is 0. The molecule has 0 fully saturated rings. The second-order valence-corrected chi connectivity index (χ2v) is 7.24. The first-order valence-electron chi connectivity index (χ1n) is 2.56. The van der Waals surface area contributed by atoms with Crippen LogP contribution in [0.5, 0.6) is 0 Å². The molecule has 0 saturated heterocycles. The molecular weight excluding hydrogens is 207 g/mol. The molecule has 0 heterocycles. The highest BCUT2D eigenvalue weighted by Gasteiger charge is 2.26. The average Bonchev–Trinajstić information content (AvgIpc) is 1.87. The van der Waals surface area contributed by atoms with Gasteiger partial charge in [-0.1, -0.05) is 11.4 Å². The number of hydrogen-bond acceptors (Lipinski definition) is 1. The smallest absolute Gasteiger partial charge is 0.332 e. The highest BCUT2D eigenvalue weighted by atomic mass is 35.6. The molecule has 0 radical (unpaired) electrons. The van der Waals surface area contributed by atoms with Gasteiger partial charge in [0.1, 0.15) is 0 Å². The first-order valence-corrected chi connectivity index (χ1v) is 6.60. The van der Waals surface area contributed by atoms with Crippen LogP contribution in [0.4, 0.5) is 0 Å². The predicted molar refractivity (Wildman–Crippen MR) is 52.6 cm³/mol. The van der Waals surface area contributed by atoms with Gasteiger partial charge in [-0.3, -0.25) is 0 Å². The van der Waals surface area contributed by atoms with Crippen molar-refractivity contribution in [1.82, 2.24) is 4.89 Å². The van der Waals surface area contributed by atoms with Crippen LogP contribution in [-0.2, 0) is 0 Å². The molecule has 1 nitrogen and oxygen atoms in total. The summed E-state index contributed by atoms with van der Waals surface area (Å²) in [5, 5.41) is 0. The molecule has 0 amide bonds. The summed E-state index contributed by atoms with van der Waals surface area (Å²) in [4.78, 5) is 2.75. The first-order chi connectivity index (χ1) is 4.54.